The summed E-state index contributed by atoms with van der Waals surface area (Å²) in [6.45, 7) is 4.09. The van der Waals surface area contributed by atoms with Crippen molar-refractivity contribution in [2.24, 2.45) is 0 Å². The van der Waals surface area contributed by atoms with Gasteiger partial charge < -0.3 is 15.5 Å². The number of carbonyl (C=O) groups is 1. The van der Waals surface area contributed by atoms with Crippen molar-refractivity contribution < 1.29 is 15.0 Å². The van der Waals surface area contributed by atoms with E-state index in [1.54, 1.807) is 6.08 Å². The Hall–Kier alpha value is -2.17. The molecular formula is C52H93NO3. The summed E-state index contributed by atoms with van der Waals surface area (Å²) in [6, 6.07) is -0.617. The molecular weight excluding hydrogens is 687 g/mol. The van der Waals surface area contributed by atoms with E-state index in [-0.39, 0.29) is 12.5 Å². The normalized spacial score (nSPS) is 13.6. The monoisotopic (exact) mass is 780 g/mol. The Morgan fingerprint density at radius 3 is 1.18 bits per heavy atom. The van der Waals surface area contributed by atoms with Gasteiger partial charge in [0.1, 0.15) is 0 Å². The number of unbranched alkanes of at least 4 members (excludes halogenated alkanes) is 26. The zero-order chi connectivity index (χ0) is 40.7. The van der Waals surface area contributed by atoms with Crippen LogP contribution < -0.4 is 5.32 Å². The Kier molecular flexibility index (Phi) is 45.4. The quantitative estimate of drug-likeness (QED) is 0.0426. The first-order chi connectivity index (χ1) is 27.7. The number of hydrogen-bond acceptors (Lipinski definition) is 3. The van der Waals surface area contributed by atoms with Crippen LogP contribution in [0.3, 0.4) is 0 Å². The van der Waals surface area contributed by atoms with Gasteiger partial charge in [0.05, 0.1) is 18.8 Å². The molecule has 0 aromatic rings. The molecule has 0 fully saturated rings. The molecule has 0 saturated carbocycles. The molecule has 0 aromatic heterocycles. The fourth-order valence-corrected chi connectivity index (χ4v) is 7.03. The Balaban J connectivity index is 3.35. The molecule has 0 aromatic carbocycles. The van der Waals surface area contributed by atoms with E-state index in [0.717, 1.165) is 57.8 Å². The lowest BCUT2D eigenvalue weighted by atomic mass is 10.0. The summed E-state index contributed by atoms with van der Waals surface area (Å²) in [5, 5.41) is 22.6. The van der Waals surface area contributed by atoms with E-state index in [2.05, 4.69) is 79.9 Å². The average molecular weight is 780 g/mol. The molecule has 0 aliphatic carbocycles. The predicted molar refractivity (Wildman–Crippen MR) is 248 cm³/mol. The molecule has 1 amide bonds. The summed E-state index contributed by atoms with van der Waals surface area (Å²) in [6.07, 6.45) is 68.0. The van der Waals surface area contributed by atoms with Gasteiger partial charge >= 0.3 is 0 Å². The molecule has 2 atom stereocenters. The average Bonchev–Trinajstić information content (AvgIpc) is 3.20. The number of nitrogens with one attached hydrogen (secondary N) is 1. The number of amides is 1. The van der Waals surface area contributed by atoms with Crippen molar-refractivity contribution in [3.05, 3.63) is 72.9 Å². The SMILES string of the molecule is CC/C=C\C/C=C\C/C=C\C/C=C\C/C=C\CCCCCCCCCCCCCCCCCCCCCCCCCC(=O)NC(CO)C(O)/C=C/CCCCC. The Bertz CT molecular complexity index is 977. The highest BCUT2D eigenvalue weighted by Gasteiger charge is 2.17. The summed E-state index contributed by atoms with van der Waals surface area (Å²) in [4.78, 5) is 12.3. The molecule has 4 heteroatoms. The smallest absolute Gasteiger partial charge is 0.220 e. The van der Waals surface area contributed by atoms with E-state index in [9.17, 15) is 15.0 Å². The predicted octanol–water partition coefficient (Wildman–Crippen LogP) is 15.5. The van der Waals surface area contributed by atoms with E-state index in [4.69, 9.17) is 0 Å². The standard InChI is InChI=1S/C52H93NO3/c1-3-5-7-9-10-11-12-13-14-15-16-17-18-19-20-21-22-23-24-25-26-27-28-29-30-31-32-33-34-35-36-37-38-39-40-41-42-44-46-48-52(56)53-50(49-54)51(55)47-45-43-8-6-4-2/h5,7,10-11,13-14,16-17,19-20,45,47,50-51,54-55H,3-4,6,8-9,12,15,18,21-44,46,48-49H2,1-2H3,(H,53,56)/b7-5-,11-10-,14-13-,17-16-,20-19-,47-45+. The first kappa shape index (κ1) is 53.8. The van der Waals surface area contributed by atoms with E-state index in [0.29, 0.717) is 6.42 Å². The molecule has 0 radical (unpaired) electrons. The molecule has 3 N–H and O–H groups in total. The second kappa shape index (κ2) is 47.2. The van der Waals surface area contributed by atoms with Gasteiger partial charge in [0.25, 0.3) is 0 Å². The van der Waals surface area contributed by atoms with Crippen LogP contribution in [0.5, 0.6) is 0 Å². The van der Waals surface area contributed by atoms with Crippen molar-refractivity contribution in [3.63, 3.8) is 0 Å². The highest BCUT2D eigenvalue weighted by Crippen LogP contribution is 2.16. The van der Waals surface area contributed by atoms with Crippen LogP contribution in [0.25, 0.3) is 0 Å². The van der Waals surface area contributed by atoms with E-state index in [1.165, 1.54) is 154 Å². The molecule has 2 unspecified atom stereocenters. The van der Waals surface area contributed by atoms with Crippen molar-refractivity contribution in [2.75, 3.05) is 6.61 Å². The van der Waals surface area contributed by atoms with Crippen molar-refractivity contribution in [3.8, 4) is 0 Å². The van der Waals surface area contributed by atoms with Crippen molar-refractivity contribution in [2.45, 2.75) is 244 Å². The van der Waals surface area contributed by atoms with Crippen molar-refractivity contribution in [1.82, 2.24) is 5.32 Å². The summed E-state index contributed by atoms with van der Waals surface area (Å²) >= 11 is 0. The summed E-state index contributed by atoms with van der Waals surface area (Å²) in [5.74, 6) is -0.0704. The summed E-state index contributed by atoms with van der Waals surface area (Å²) in [7, 11) is 0. The number of aliphatic hydroxyl groups excluding tert-OH is 2. The van der Waals surface area contributed by atoms with Gasteiger partial charge in [-0.1, -0.05) is 234 Å². The van der Waals surface area contributed by atoms with Crippen LogP contribution in [-0.4, -0.2) is 34.9 Å². The molecule has 0 rings (SSSR count). The molecule has 4 nitrogen and oxygen atoms in total. The number of aliphatic hydroxyl groups is 2. The van der Waals surface area contributed by atoms with Gasteiger partial charge in [-0.3, -0.25) is 4.79 Å². The number of carbonyl (C=O) groups excluding carboxylic acids is 1. The highest BCUT2D eigenvalue weighted by molar-refractivity contribution is 5.76. The fourth-order valence-electron chi connectivity index (χ4n) is 7.03. The Morgan fingerprint density at radius 2 is 0.786 bits per heavy atom. The minimum absolute atomic E-state index is 0.0704. The maximum Gasteiger partial charge on any atom is 0.220 e. The van der Waals surface area contributed by atoms with Crippen LogP contribution >= 0.6 is 0 Å². The minimum atomic E-state index is -0.834. The fraction of sp³-hybridized carbons (Fsp3) is 0.750. The van der Waals surface area contributed by atoms with E-state index in [1.807, 2.05) is 6.08 Å². The maximum atomic E-state index is 12.3. The molecule has 0 spiro atoms. The van der Waals surface area contributed by atoms with Gasteiger partial charge in [-0.05, 0) is 64.2 Å². The van der Waals surface area contributed by atoms with Crippen LogP contribution in [0.2, 0.25) is 0 Å². The van der Waals surface area contributed by atoms with Crippen LogP contribution in [0.4, 0.5) is 0 Å². The third kappa shape index (κ3) is 43.0. The molecule has 0 bridgehead atoms. The minimum Gasteiger partial charge on any atom is -0.394 e. The second-order valence-corrected chi connectivity index (χ2v) is 16.1. The van der Waals surface area contributed by atoms with Crippen LogP contribution in [0.15, 0.2) is 72.9 Å². The number of hydrogen-bond donors (Lipinski definition) is 3. The van der Waals surface area contributed by atoms with Crippen LogP contribution in [-0.2, 0) is 4.79 Å². The Morgan fingerprint density at radius 1 is 0.446 bits per heavy atom. The second-order valence-electron chi connectivity index (χ2n) is 16.1. The lowest BCUT2D eigenvalue weighted by Crippen LogP contribution is -2.45. The first-order valence-corrected chi connectivity index (χ1v) is 24.2. The van der Waals surface area contributed by atoms with Crippen molar-refractivity contribution in [1.29, 1.82) is 0 Å². The zero-order valence-corrected chi connectivity index (χ0v) is 37.1. The maximum absolute atomic E-state index is 12.3. The van der Waals surface area contributed by atoms with Gasteiger partial charge in [-0.25, -0.2) is 0 Å². The third-order valence-electron chi connectivity index (χ3n) is 10.7. The number of rotatable bonds is 43. The topological polar surface area (TPSA) is 69.6 Å². The Labute approximate surface area is 349 Å². The van der Waals surface area contributed by atoms with E-state index < -0.39 is 12.1 Å². The lowest BCUT2D eigenvalue weighted by molar-refractivity contribution is -0.123. The largest absolute Gasteiger partial charge is 0.394 e. The number of allylic oxidation sites excluding steroid dienone is 11. The summed E-state index contributed by atoms with van der Waals surface area (Å²) in [5.41, 5.74) is 0. The first-order valence-electron chi connectivity index (χ1n) is 24.2. The van der Waals surface area contributed by atoms with Crippen molar-refractivity contribution >= 4 is 5.91 Å². The molecule has 0 aliphatic heterocycles. The lowest BCUT2D eigenvalue weighted by Gasteiger charge is -2.20. The van der Waals surface area contributed by atoms with Gasteiger partial charge in [0, 0.05) is 6.42 Å². The zero-order valence-electron chi connectivity index (χ0n) is 37.1. The van der Waals surface area contributed by atoms with Gasteiger partial charge in [-0.15, -0.1) is 0 Å². The molecule has 0 saturated heterocycles. The highest BCUT2D eigenvalue weighted by atomic mass is 16.3. The molecule has 0 aliphatic rings. The van der Waals surface area contributed by atoms with E-state index >= 15 is 0 Å². The molecule has 0 heterocycles. The van der Waals surface area contributed by atoms with Crippen LogP contribution in [0.1, 0.15) is 232 Å². The third-order valence-corrected chi connectivity index (χ3v) is 10.7. The van der Waals surface area contributed by atoms with Gasteiger partial charge in [-0.2, -0.15) is 0 Å². The molecule has 324 valence electrons. The summed E-state index contributed by atoms with van der Waals surface area (Å²) < 4.78 is 0. The van der Waals surface area contributed by atoms with Gasteiger partial charge in [0.2, 0.25) is 5.91 Å². The molecule has 56 heavy (non-hydrogen) atoms. The van der Waals surface area contributed by atoms with Gasteiger partial charge in [0.15, 0.2) is 0 Å². The van der Waals surface area contributed by atoms with Crippen LogP contribution in [0, 0.1) is 0 Å².